The zero-order chi connectivity index (χ0) is 21.7. The van der Waals surface area contributed by atoms with Gasteiger partial charge in [0.2, 0.25) is 11.7 Å². The maximum atomic E-state index is 11.8. The molecule has 0 saturated carbocycles. The number of nitrogens with zero attached hydrogens (tertiary/aromatic N) is 1. The van der Waals surface area contributed by atoms with Gasteiger partial charge < -0.3 is 34.5 Å². The Morgan fingerprint density at radius 1 is 0.967 bits per heavy atom. The van der Waals surface area contributed by atoms with Crippen LogP contribution in [0.15, 0.2) is 41.1 Å². The lowest BCUT2D eigenvalue weighted by atomic mass is 10.0. The first-order chi connectivity index (χ1) is 14.6. The van der Waals surface area contributed by atoms with Crippen LogP contribution in [0.25, 0.3) is 22.4 Å². The molecule has 1 amide bonds. The van der Waals surface area contributed by atoms with Gasteiger partial charge in [0.05, 0.1) is 40.7 Å². The van der Waals surface area contributed by atoms with E-state index in [-0.39, 0.29) is 12.5 Å². The summed E-state index contributed by atoms with van der Waals surface area (Å²) in [5, 5.41) is 6.88. The quantitative estimate of drug-likeness (QED) is 0.579. The van der Waals surface area contributed by atoms with Crippen LogP contribution in [-0.2, 0) is 4.79 Å². The van der Waals surface area contributed by atoms with Crippen molar-refractivity contribution in [1.82, 2.24) is 5.16 Å². The monoisotopic (exact) mass is 413 g/mol. The van der Waals surface area contributed by atoms with E-state index in [9.17, 15) is 4.79 Å². The normalized spacial score (nSPS) is 10.4. The van der Waals surface area contributed by atoms with Crippen molar-refractivity contribution in [2.75, 3.05) is 40.3 Å². The summed E-state index contributed by atoms with van der Waals surface area (Å²) in [6.45, 7) is -0.142. The lowest BCUT2D eigenvalue weighted by Gasteiger charge is -2.14. The number of ether oxygens (including phenoxy) is 4. The maximum absolute atomic E-state index is 11.8. The fourth-order valence-corrected chi connectivity index (χ4v) is 3.04. The highest BCUT2D eigenvalue weighted by molar-refractivity contribution is 5.95. The second-order valence-electron chi connectivity index (χ2n) is 6.16. The molecule has 3 aromatic rings. The Labute approximate surface area is 173 Å². The Morgan fingerprint density at radius 3 is 2.20 bits per heavy atom. The summed E-state index contributed by atoms with van der Waals surface area (Å²) >= 11 is 0. The summed E-state index contributed by atoms with van der Waals surface area (Å²) in [4.78, 5) is 11.8. The van der Waals surface area contributed by atoms with Gasteiger partial charge in [-0.25, -0.2) is 0 Å². The molecular weight excluding hydrogens is 390 g/mol. The Balaban J connectivity index is 2.10. The number of rotatable bonds is 8. The van der Waals surface area contributed by atoms with E-state index < -0.39 is 0 Å². The number of carbonyl (C=O) groups is 1. The Morgan fingerprint density at radius 2 is 1.63 bits per heavy atom. The molecule has 0 saturated heterocycles. The number of nitrogens with two attached hydrogens (primary N) is 1. The lowest BCUT2D eigenvalue weighted by Crippen LogP contribution is -2.22. The number of amides is 1. The molecular formula is C21H23N3O6. The second-order valence-corrected chi connectivity index (χ2v) is 6.16. The first kappa shape index (κ1) is 21.0. The smallest absolute Gasteiger partial charge is 0.238 e. The van der Waals surface area contributed by atoms with E-state index in [1.54, 1.807) is 38.5 Å². The summed E-state index contributed by atoms with van der Waals surface area (Å²) < 4.78 is 26.8. The highest BCUT2D eigenvalue weighted by atomic mass is 16.5. The van der Waals surface area contributed by atoms with Gasteiger partial charge in [0.25, 0.3) is 0 Å². The molecule has 0 atom stereocenters. The topological polar surface area (TPSA) is 118 Å². The summed E-state index contributed by atoms with van der Waals surface area (Å²) in [7, 11) is 6.14. The summed E-state index contributed by atoms with van der Waals surface area (Å²) in [5.41, 5.74) is 8.63. The van der Waals surface area contributed by atoms with Crippen LogP contribution in [0.3, 0.4) is 0 Å². The molecule has 9 nitrogen and oxygen atoms in total. The van der Waals surface area contributed by atoms with Crippen LogP contribution in [0.2, 0.25) is 0 Å². The molecule has 0 fully saturated rings. The summed E-state index contributed by atoms with van der Waals surface area (Å²) in [6.07, 6.45) is 1.52. The highest BCUT2D eigenvalue weighted by Crippen LogP contribution is 2.43. The van der Waals surface area contributed by atoms with Crippen LogP contribution in [0, 0.1) is 0 Å². The third-order valence-corrected chi connectivity index (χ3v) is 4.48. The number of methoxy groups -OCH3 is 4. The Kier molecular flexibility index (Phi) is 6.43. The molecule has 2 aromatic carbocycles. The van der Waals surface area contributed by atoms with E-state index >= 15 is 0 Å². The second kappa shape index (κ2) is 9.19. The van der Waals surface area contributed by atoms with Gasteiger partial charge in [0, 0.05) is 11.1 Å². The fraction of sp³-hybridized carbons (Fsp3) is 0.238. The molecule has 0 aliphatic carbocycles. The van der Waals surface area contributed by atoms with Crippen molar-refractivity contribution in [2.45, 2.75) is 0 Å². The van der Waals surface area contributed by atoms with Crippen molar-refractivity contribution >= 4 is 11.6 Å². The molecule has 3 N–H and O–H groups in total. The molecule has 0 aliphatic rings. The standard InChI is InChI=1S/C21H23N3O6/c1-26-16-6-5-12(7-15(16)23-19(25)10-22)14-11-30-24-20(14)13-8-17(27-2)21(29-4)18(9-13)28-3/h5-9,11H,10,22H2,1-4H3,(H,23,25). The number of aromatic nitrogens is 1. The minimum absolute atomic E-state index is 0.142. The van der Waals surface area contributed by atoms with Crippen molar-refractivity contribution in [3.63, 3.8) is 0 Å². The zero-order valence-corrected chi connectivity index (χ0v) is 17.1. The molecule has 30 heavy (non-hydrogen) atoms. The van der Waals surface area contributed by atoms with E-state index in [1.807, 2.05) is 6.07 Å². The SMILES string of the molecule is COc1ccc(-c2conc2-c2cc(OC)c(OC)c(OC)c2)cc1NC(=O)CN. The van der Waals surface area contributed by atoms with Gasteiger partial charge in [-0.05, 0) is 29.8 Å². The van der Waals surface area contributed by atoms with E-state index in [4.69, 9.17) is 29.2 Å². The minimum Gasteiger partial charge on any atom is -0.495 e. The van der Waals surface area contributed by atoms with Crippen molar-refractivity contribution in [3.8, 4) is 45.4 Å². The van der Waals surface area contributed by atoms with Gasteiger partial charge in [0.15, 0.2) is 11.5 Å². The minimum atomic E-state index is -0.333. The maximum Gasteiger partial charge on any atom is 0.238 e. The van der Waals surface area contributed by atoms with Crippen LogP contribution < -0.4 is 30.0 Å². The number of nitrogens with one attached hydrogen (secondary N) is 1. The number of anilines is 1. The van der Waals surface area contributed by atoms with E-state index in [1.165, 1.54) is 20.5 Å². The van der Waals surface area contributed by atoms with Gasteiger partial charge in [-0.1, -0.05) is 11.2 Å². The van der Waals surface area contributed by atoms with Gasteiger partial charge in [-0.15, -0.1) is 0 Å². The van der Waals surface area contributed by atoms with Crippen LogP contribution in [0.1, 0.15) is 0 Å². The molecule has 0 radical (unpaired) electrons. The predicted octanol–water partition coefficient (Wildman–Crippen LogP) is 2.94. The van der Waals surface area contributed by atoms with Gasteiger partial charge in [-0.2, -0.15) is 0 Å². The fourth-order valence-electron chi connectivity index (χ4n) is 3.04. The number of hydrogen-bond donors (Lipinski definition) is 2. The van der Waals surface area contributed by atoms with Crippen molar-refractivity contribution in [1.29, 1.82) is 0 Å². The molecule has 0 bridgehead atoms. The Hall–Kier alpha value is -3.72. The average Bonchev–Trinajstić information content (AvgIpc) is 3.27. The number of carbonyl (C=O) groups excluding carboxylic acids is 1. The highest BCUT2D eigenvalue weighted by Gasteiger charge is 2.20. The molecule has 9 heteroatoms. The largest absolute Gasteiger partial charge is 0.495 e. The lowest BCUT2D eigenvalue weighted by molar-refractivity contribution is -0.114. The average molecular weight is 413 g/mol. The molecule has 3 rings (SSSR count). The number of hydrogen-bond acceptors (Lipinski definition) is 8. The van der Waals surface area contributed by atoms with Crippen molar-refractivity contribution in [3.05, 3.63) is 36.6 Å². The third-order valence-electron chi connectivity index (χ3n) is 4.48. The predicted molar refractivity (Wildman–Crippen MR) is 111 cm³/mol. The number of benzene rings is 2. The van der Waals surface area contributed by atoms with E-state index in [0.717, 1.165) is 5.56 Å². The van der Waals surface area contributed by atoms with E-state index in [2.05, 4.69) is 10.5 Å². The van der Waals surface area contributed by atoms with Gasteiger partial charge in [0.1, 0.15) is 17.7 Å². The zero-order valence-electron chi connectivity index (χ0n) is 17.1. The third kappa shape index (κ3) is 4.01. The molecule has 0 spiro atoms. The molecule has 1 aromatic heterocycles. The van der Waals surface area contributed by atoms with Gasteiger partial charge in [-0.3, -0.25) is 4.79 Å². The van der Waals surface area contributed by atoms with Crippen LogP contribution >= 0.6 is 0 Å². The molecule has 0 unspecified atom stereocenters. The van der Waals surface area contributed by atoms with Crippen LogP contribution in [0.4, 0.5) is 5.69 Å². The molecule has 0 aliphatic heterocycles. The summed E-state index contributed by atoms with van der Waals surface area (Å²) in [5.74, 6) is 1.63. The van der Waals surface area contributed by atoms with Gasteiger partial charge >= 0.3 is 0 Å². The van der Waals surface area contributed by atoms with Crippen molar-refractivity contribution in [2.24, 2.45) is 5.73 Å². The molecule has 1 heterocycles. The summed E-state index contributed by atoms with van der Waals surface area (Å²) in [6, 6.07) is 8.91. The van der Waals surface area contributed by atoms with E-state index in [0.29, 0.717) is 45.5 Å². The Bertz CT molecular complexity index is 1020. The van der Waals surface area contributed by atoms with Crippen LogP contribution in [0.5, 0.6) is 23.0 Å². The molecule has 158 valence electrons. The van der Waals surface area contributed by atoms with Crippen LogP contribution in [-0.4, -0.2) is 46.0 Å². The first-order valence-corrected chi connectivity index (χ1v) is 8.99. The van der Waals surface area contributed by atoms with Crippen molar-refractivity contribution < 1.29 is 28.3 Å². The first-order valence-electron chi connectivity index (χ1n) is 8.99.